The molecule has 1 aliphatic heterocycles. The van der Waals surface area contributed by atoms with Crippen molar-refractivity contribution >= 4 is 27.8 Å². The quantitative estimate of drug-likeness (QED) is 0.878. The van der Waals surface area contributed by atoms with E-state index >= 15 is 0 Å². The van der Waals surface area contributed by atoms with Crippen LogP contribution in [0.5, 0.6) is 0 Å². The molecule has 0 radical (unpaired) electrons. The molecule has 0 saturated heterocycles. The maximum Gasteiger partial charge on any atom is 0.354 e. The van der Waals surface area contributed by atoms with Crippen LogP contribution in [0, 0.1) is 0 Å². The molecule has 1 spiro atoms. The summed E-state index contributed by atoms with van der Waals surface area (Å²) in [5, 5.41) is 9.07. The number of carboxylic acids is 1. The van der Waals surface area contributed by atoms with Gasteiger partial charge in [-0.2, -0.15) is 0 Å². The molecule has 1 fully saturated rings. The highest BCUT2D eigenvalue weighted by Gasteiger charge is 2.51. The lowest BCUT2D eigenvalue weighted by atomic mass is 9.86. The lowest BCUT2D eigenvalue weighted by Crippen LogP contribution is -2.43. The summed E-state index contributed by atoms with van der Waals surface area (Å²) < 4.78 is 0.990. The third kappa shape index (κ3) is 2.51. The van der Waals surface area contributed by atoms with Crippen LogP contribution in [0.2, 0.25) is 0 Å². The fourth-order valence-electron chi connectivity index (χ4n) is 3.42. The van der Waals surface area contributed by atoms with Gasteiger partial charge in [-0.15, -0.1) is 0 Å². The Morgan fingerprint density at radius 2 is 2.08 bits per heavy atom. The average Bonchev–Trinajstić information content (AvgIpc) is 3.33. The van der Waals surface area contributed by atoms with E-state index in [1.165, 1.54) is 6.07 Å². The predicted octanol–water partition coefficient (Wildman–Crippen LogP) is 3.23. The Hall–Kier alpha value is -2.21. The van der Waals surface area contributed by atoms with Crippen molar-refractivity contribution in [1.82, 2.24) is 9.88 Å². The van der Waals surface area contributed by atoms with Crippen molar-refractivity contribution in [3.8, 4) is 0 Å². The van der Waals surface area contributed by atoms with Crippen molar-refractivity contribution in [1.29, 1.82) is 0 Å². The summed E-state index contributed by atoms with van der Waals surface area (Å²) in [7, 11) is 0. The molecule has 1 N–H and O–H groups in total. The van der Waals surface area contributed by atoms with Gasteiger partial charge in [-0.05, 0) is 48.7 Å². The van der Waals surface area contributed by atoms with Gasteiger partial charge in [-0.25, -0.2) is 9.78 Å². The van der Waals surface area contributed by atoms with Crippen LogP contribution in [0.3, 0.4) is 0 Å². The zero-order chi connectivity index (χ0) is 16.9. The number of pyridine rings is 1. The summed E-state index contributed by atoms with van der Waals surface area (Å²) in [5.74, 6) is -1.08. The molecular weight excluding hydrogens is 372 g/mol. The van der Waals surface area contributed by atoms with Crippen LogP contribution in [-0.2, 0) is 12.0 Å². The molecule has 1 aromatic heterocycles. The minimum atomic E-state index is -1.06. The third-order valence-electron chi connectivity index (χ3n) is 4.80. The number of hydrogen-bond acceptors (Lipinski definition) is 3. The predicted molar refractivity (Wildman–Crippen MR) is 91.0 cm³/mol. The maximum atomic E-state index is 12.8. The Kier molecular flexibility index (Phi) is 3.46. The number of aromatic nitrogens is 1. The number of carbonyl (C=O) groups is 2. The summed E-state index contributed by atoms with van der Waals surface area (Å²) in [6, 6.07) is 10.7. The second-order valence-corrected chi connectivity index (χ2v) is 7.37. The first-order valence-corrected chi connectivity index (χ1v) is 8.56. The van der Waals surface area contributed by atoms with Crippen molar-refractivity contribution in [3.05, 3.63) is 63.4 Å². The van der Waals surface area contributed by atoms with Gasteiger partial charge >= 0.3 is 5.97 Å². The molecule has 2 heterocycles. The van der Waals surface area contributed by atoms with E-state index in [-0.39, 0.29) is 17.0 Å². The van der Waals surface area contributed by atoms with Gasteiger partial charge in [0.2, 0.25) is 0 Å². The van der Waals surface area contributed by atoms with E-state index in [1.807, 2.05) is 12.1 Å². The van der Waals surface area contributed by atoms with Crippen molar-refractivity contribution in [2.45, 2.75) is 24.8 Å². The van der Waals surface area contributed by atoms with Gasteiger partial charge in [0.1, 0.15) is 5.69 Å². The number of carboxylic acid groups (broad SMARTS) is 1. The maximum absolute atomic E-state index is 12.8. The van der Waals surface area contributed by atoms with E-state index in [1.54, 1.807) is 17.0 Å². The van der Waals surface area contributed by atoms with Crippen LogP contribution in [0.4, 0.5) is 0 Å². The number of rotatable bonds is 3. The smallest absolute Gasteiger partial charge is 0.354 e. The van der Waals surface area contributed by atoms with Crippen LogP contribution < -0.4 is 0 Å². The lowest BCUT2D eigenvalue weighted by Gasteiger charge is -2.34. The summed E-state index contributed by atoms with van der Waals surface area (Å²) in [6.45, 7) is 0.992. The molecule has 6 heteroatoms. The normalized spacial score (nSPS) is 17.7. The monoisotopic (exact) mass is 386 g/mol. The Labute approximate surface area is 147 Å². The first-order valence-electron chi connectivity index (χ1n) is 7.77. The number of hydrogen-bond donors (Lipinski definition) is 1. The van der Waals surface area contributed by atoms with Crippen LogP contribution >= 0.6 is 15.9 Å². The summed E-state index contributed by atoms with van der Waals surface area (Å²) in [6.07, 6.45) is 2.14. The van der Waals surface area contributed by atoms with E-state index in [9.17, 15) is 9.59 Å². The molecule has 2 aliphatic rings. The van der Waals surface area contributed by atoms with Gasteiger partial charge in [0.05, 0.1) is 12.2 Å². The van der Waals surface area contributed by atoms with E-state index in [0.29, 0.717) is 18.8 Å². The van der Waals surface area contributed by atoms with E-state index < -0.39 is 5.97 Å². The molecule has 5 nitrogen and oxygen atoms in total. The summed E-state index contributed by atoms with van der Waals surface area (Å²) >= 11 is 3.49. The molecule has 1 aromatic carbocycles. The fraction of sp³-hybridized carbons (Fsp3) is 0.278. The number of carbonyl (C=O) groups excluding carboxylic acids is 1. The van der Waals surface area contributed by atoms with E-state index in [4.69, 9.17) is 5.11 Å². The van der Waals surface area contributed by atoms with Crippen molar-refractivity contribution < 1.29 is 14.7 Å². The molecule has 0 atom stereocenters. The zero-order valence-corrected chi connectivity index (χ0v) is 14.4. The van der Waals surface area contributed by atoms with Gasteiger partial charge in [-0.3, -0.25) is 4.79 Å². The standard InChI is InChI=1S/C18H15BrN2O3/c19-11-4-5-13-14(8-11)18(6-7-18)10-21(16(13)22)9-12-2-1-3-15(20-12)17(23)24/h1-5,8H,6-7,9-10H2,(H,23,24). The highest BCUT2D eigenvalue weighted by atomic mass is 79.9. The number of nitrogens with zero attached hydrogens (tertiary/aromatic N) is 2. The van der Waals surface area contributed by atoms with Crippen LogP contribution in [0.25, 0.3) is 0 Å². The highest BCUT2D eigenvalue weighted by Crippen LogP contribution is 2.52. The molecular formula is C18H15BrN2O3. The van der Waals surface area contributed by atoms with E-state index in [0.717, 1.165) is 28.4 Å². The SMILES string of the molecule is O=C(O)c1cccc(CN2CC3(CC3)c3cc(Br)ccc3C2=O)n1. The topological polar surface area (TPSA) is 70.5 Å². The number of benzene rings is 1. The van der Waals surface area contributed by atoms with E-state index in [2.05, 4.69) is 27.0 Å². The summed E-state index contributed by atoms with van der Waals surface area (Å²) in [4.78, 5) is 29.8. The largest absolute Gasteiger partial charge is 0.477 e. The molecule has 1 saturated carbocycles. The van der Waals surface area contributed by atoms with Crippen molar-refractivity contribution in [2.75, 3.05) is 6.54 Å². The van der Waals surface area contributed by atoms with Crippen molar-refractivity contribution in [3.63, 3.8) is 0 Å². The molecule has 122 valence electrons. The summed E-state index contributed by atoms with van der Waals surface area (Å²) in [5.41, 5.74) is 2.53. The van der Waals surface area contributed by atoms with Crippen LogP contribution in [-0.4, -0.2) is 33.4 Å². The second-order valence-electron chi connectivity index (χ2n) is 6.45. The molecule has 24 heavy (non-hydrogen) atoms. The number of halogens is 1. The molecule has 0 unspecified atom stereocenters. The lowest BCUT2D eigenvalue weighted by molar-refractivity contribution is 0.0689. The van der Waals surface area contributed by atoms with Gasteiger partial charge in [0, 0.05) is 22.0 Å². The fourth-order valence-corrected chi connectivity index (χ4v) is 3.78. The molecule has 0 bridgehead atoms. The number of amides is 1. The molecule has 2 aromatic rings. The molecule has 4 rings (SSSR count). The number of aromatic carboxylic acids is 1. The Bertz CT molecular complexity index is 861. The Morgan fingerprint density at radius 3 is 2.79 bits per heavy atom. The molecule has 1 aliphatic carbocycles. The third-order valence-corrected chi connectivity index (χ3v) is 5.29. The Morgan fingerprint density at radius 1 is 1.29 bits per heavy atom. The van der Waals surface area contributed by atoms with Gasteiger partial charge in [-0.1, -0.05) is 22.0 Å². The Balaban J connectivity index is 1.66. The van der Waals surface area contributed by atoms with Gasteiger partial charge < -0.3 is 10.0 Å². The average molecular weight is 387 g/mol. The van der Waals surface area contributed by atoms with Crippen LogP contribution in [0.15, 0.2) is 40.9 Å². The number of fused-ring (bicyclic) bond motifs is 2. The van der Waals surface area contributed by atoms with Crippen molar-refractivity contribution in [2.24, 2.45) is 0 Å². The minimum absolute atomic E-state index is 0.00224. The zero-order valence-electron chi connectivity index (χ0n) is 12.8. The first kappa shape index (κ1) is 15.3. The highest BCUT2D eigenvalue weighted by molar-refractivity contribution is 9.10. The second kappa shape index (κ2) is 5.41. The minimum Gasteiger partial charge on any atom is -0.477 e. The first-order chi connectivity index (χ1) is 11.5. The van der Waals surface area contributed by atoms with Crippen LogP contribution in [0.1, 0.15) is 44.9 Å². The molecule has 1 amide bonds. The van der Waals surface area contributed by atoms with Gasteiger partial charge in [0.15, 0.2) is 0 Å². The van der Waals surface area contributed by atoms with Gasteiger partial charge in [0.25, 0.3) is 5.91 Å².